The average Bonchev–Trinajstić information content (AvgIpc) is 2.06. The Bertz CT molecular complexity index is 362. The Morgan fingerprint density at radius 3 is 2.85 bits per heavy atom. The quantitative estimate of drug-likeness (QED) is 0.769. The van der Waals surface area contributed by atoms with Crippen LogP contribution in [-0.4, -0.2) is 9.55 Å². The van der Waals surface area contributed by atoms with Crippen LogP contribution in [0.25, 0.3) is 0 Å². The number of hydrogen-bond donors (Lipinski definition) is 0. The van der Waals surface area contributed by atoms with E-state index in [-0.39, 0.29) is 10.7 Å². The summed E-state index contributed by atoms with van der Waals surface area (Å²) < 4.78 is 1.87. The van der Waals surface area contributed by atoms with Gasteiger partial charge in [-0.05, 0) is 21.8 Å². The third kappa shape index (κ3) is 2.54. The molecule has 0 fully saturated rings. The second-order valence-electron chi connectivity index (χ2n) is 3.20. The van der Waals surface area contributed by atoms with Crippen molar-refractivity contribution >= 4 is 27.5 Å². The summed E-state index contributed by atoms with van der Waals surface area (Å²) in [6, 6.07) is 0. The van der Waals surface area contributed by atoms with E-state index in [1.54, 1.807) is 4.57 Å². The summed E-state index contributed by atoms with van der Waals surface area (Å²) in [6.45, 7) is 4.73. The van der Waals surface area contributed by atoms with Crippen molar-refractivity contribution in [3.05, 3.63) is 26.3 Å². The summed E-state index contributed by atoms with van der Waals surface area (Å²) in [4.78, 5) is 15.4. The summed E-state index contributed by atoms with van der Waals surface area (Å²) in [7, 11) is 0. The second kappa shape index (κ2) is 4.24. The molecule has 1 aromatic heterocycles. The Morgan fingerprint density at radius 1 is 1.69 bits per heavy atom. The molecule has 1 aromatic rings. The lowest BCUT2D eigenvalue weighted by Crippen LogP contribution is -2.23. The van der Waals surface area contributed by atoms with Gasteiger partial charge in [-0.2, -0.15) is 0 Å². The molecule has 0 aromatic carbocycles. The highest BCUT2D eigenvalue weighted by Gasteiger charge is 2.07. The van der Waals surface area contributed by atoms with Crippen LogP contribution in [0.4, 0.5) is 0 Å². The molecular formula is C8H10BrClN2O. The van der Waals surface area contributed by atoms with Gasteiger partial charge in [-0.15, -0.1) is 0 Å². The van der Waals surface area contributed by atoms with Crippen molar-refractivity contribution in [2.45, 2.75) is 20.4 Å². The van der Waals surface area contributed by atoms with E-state index in [2.05, 4.69) is 20.9 Å². The van der Waals surface area contributed by atoms with Crippen LogP contribution in [0.15, 0.2) is 15.6 Å². The molecule has 1 rings (SSSR count). The molecule has 0 unspecified atom stereocenters. The predicted octanol–water partition coefficient (Wildman–Crippen LogP) is 2.32. The van der Waals surface area contributed by atoms with Gasteiger partial charge in [0.25, 0.3) is 5.56 Å². The van der Waals surface area contributed by atoms with Gasteiger partial charge in [0.1, 0.15) is 4.47 Å². The minimum atomic E-state index is -0.131. The van der Waals surface area contributed by atoms with E-state index in [0.717, 1.165) is 0 Å². The average molecular weight is 266 g/mol. The highest BCUT2D eigenvalue weighted by Crippen LogP contribution is 2.13. The molecule has 0 saturated heterocycles. The van der Waals surface area contributed by atoms with Gasteiger partial charge >= 0.3 is 0 Å². The van der Waals surface area contributed by atoms with Crippen molar-refractivity contribution in [3.8, 4) is 0 Å². The minimum absolute atomic E-state index is 0.131. The molecule has 0 bridgehead atoms. The fraction of sp³-hybridized carbons (Fsp3) is 0.500. The lowest BCUT2D eigenvalue weighted by atomic mass is 10.2. The second-order valence-corrected chi connectivity index (χ2v) is 4.35. The third-order valence-corrected chi connectivity index (χ3v) is 2.73. The van der Waals surface area contributed by atoms with Crippen LogP contribution < -0.4 is 5.56 Å². The summed E-state index contributed by atoms with van der Waals surface area (Å²) in [5.41, 5.74) is -0.131. The van der Waals surface area contributed by atoms with E-state index >= 15 is 0 Å². The van der Waals surface area contributed by atoms with Crippen molar-refractivity contribution in [2.24, 2.45) is 5.92 Å². The van der Waals surface area contributed by atoms with Crippen molar-refractivity contribution < 1.29 is 0 Å². The zero-order valence-electron chi connectivity index (χ0n) is 7.42. The first-order valence-electron chi connectivity index (χ1n) is 3.92. The number of halogens is 2. The number of aromatic nitrogens is 2. The van der Waals surface area contributed by atoms with Gasteiger partial charge in [0.2, 0.25) is 0 Å². The summed E-state index contributed by atoms with van der Waals surface area (Å²) >= 11 is 8.74. The molecule has 3 nitrogen and oxygen atoms in total. The van der Waals surface area contributed by atoms with Crippen molar-refractivity contribution in [3.63, 3.8) is 0 Å². The summed E-state index contributed by atoms with van der Waals surface area (Å²) in [5.74, 6) is 0.410. The first-order chi connectivity index (χ1) is 6.02. The van der Waals surface area contributed by atoms with Crippen LogP contribution in [0.3, 0.4) is 0 Å². The maximum Gasteiger partial charge on any atom is 0.269 e. The van der Waals surface area contributed by atoms with Gasteiger partial charge in [0.15, 0.2) is 5.15 Å². The van der Waals surface area contributed by atoms with E-state index in [9.17, 15) is 4.79 Å². The molecule has 0 radical (unpaired) electrons. The van der Waals surface area contributed by atoms with Crippen molar-refractivity contribution in [1.82, 2.24) is 9.55 Å². The van der Waals surface area contributed by atoms with Crippen molar-refractivity contribution in [1.29, 1.82) is 0 Å². The lowest BCUT2D eigenvalue weighted by Gasteiger charge is -2.08. The van der Waals surface area contributed by atoms with Gasteiger partial charge < -0.3 is 0 Å². The zero-order valence-corrected chi connectivity index (χ0v) is 9.76. The van der Waals surface area contributed by atoms with E-state index in [4.69, 9.17) is 11.6 Å². The molecule has 0 N–H and O–H groups in total. The molecule has 5 heteroatoms. The van der Waals surface area contributed by atoms with Crippen LogP contribution in [-0.2, 0) is 6.54 Å². The van der Waals surface area contributed by atoms with E-state index in [1.807, 2.05) is 13.8 Å². The molecule has 0 spiro atoms. The minimum Gasteiger partial charge on any atom is -0.298 e. The van der Waals surface area contributed by atoms with Gasteiger partial charge in [-0.3, -0.25) is 9.36 Å². The maximum absolute atomic E-state index is 11.5. The van der Waals surface area contributed by atoms with Crippen molar-refractivity contribution in [2.75, 3.05) is 0 Å². The standard InChI is InChI=1S/C8H10BrClN2O/c1-5(2)3-12-4-11-7(10)6(9)8(12)13/h4-5H,3H2,1-2H3. The molecule has 0 aliphatic rings. The van der Waals surface area contributed by atoms with Gasteiger partial charge in [0, 0.05) is 6.54 Å². The van der Waals surface area contributed by atoms with Crippen LogP contribution in [0.2, 0.25) is 5.15 Å². The fourth-order valence-corrected chi connectivity index (χ4v) is 1.42. The van der Waals surface area contributed by atoms with E-state index < -0.39 is 0 Å². The number of hydrogen-bond acceptors (Lipinski definition) is 2. The van der Waals surface area contributed by atoms with Gasteiger partial charge in [-0.1, -0.05) is 25.4 Å². The first kappa shape index (κ1) is 10.7. The molecular weight excluding hydrogens is 255 g/mol. The van der Waals surface area contributed by atoms with Gasteiger partial charge in [-0.25, -0.2) is 4.98 Å². The molecule has 0 atom stereocenters. The van der Waals surface area contributed by atoms with Crippen LogP contribution in [0, 0.1) is 5.92 Å². The molecule has 1 heterocycles. The van der Waals surface area contributed by atoms with Crippen LogP contribution in [0.1, 0.15) is 13.8 Å². The topological polar surface area (TPSA) is 34.9 Å². The summed E-state index contributed by atoms with van der Waals surface area (Å²) in [5, 5.41) is 0.213. The Labute approximate surface area is 89.9 Å². The third-order valence-electron chi connectivity index (χ3n) is 1.50. The zero-order chi connectivity index (χ0) is 10.0. The van der Waals surface area contributed by atoms with Gasteiger partial charge in [0.05, 0.1) is 6.33 Å². The number of nitrogens with zero attached hydrogens (tertiary/aromatic N) is 2. The smallest absolute Gasteiger partial charge is 0.269 e. The summed E-state index contributed by atoms with van der Waals surface area (Å²) in [6.07, 6.45) is 1.47. The highest BCUT2D eigenvalue weighted by atomic mass is 79.9. The van der Waals surface area contributed by atoms with E-state index in [1.165, 1.54) is 6.33 Å². The maximum atomic E-state index is 11.5. The molecule has 0 amide bonds. The van der Waals surface area contributed by atoms with Crippen LogP contribution >= 0.6 is 27.5 Å². The van der Waals surface area contributed by atoms with E-state index in [0.29, 0.717) is 16.9 Å². The molecule has 0 aliphatic heterocycles. The largest absolute Gasteiger partial charge is 0.298 e. The SMILES string of the molecule is CC(C)Cn1cnc(Cl)c(Br)c1=O. The normalized spacial score (nSPS) is 10.8. The predicted molar refractivity (Wildman–Crippen MR) is 56.0 cm³/mol. The monoisotopic (exact) mass is 264 g/mol. The fourth-order valence-electron chi connectivity index (χ4n) is 0.967. The molecule has 0 aliphatic carbocycles. The van der Waals surface area contributed by atoms with Crippen LogP contribution in [0.5, 0.6) is 0 Å². The Kier molecular flexibility index (Phi) is 3.50. The highest BCUT2D eigenvalue weighted by molar-refractivity contribution is 9.10. The Hall–Kier alpha value is -0.350. The Balaban J connectivity index is 3.12. The Morgan fingerprint density at radius 2 is 2.31 bits per heavy atom. The lowest BCUT2D eigenvalue weighted by molar-refractivity contribution is 0.504. The molecule has 13 heavy (non-hydrogen) atoms. The molecule has 0 saturated carbocycles. The number of rotatable bonds is 2. The first-order valence-corrected chi connectivity index (χ1v) is 5.10. The molecule has 72 valence electrons.